The minimum Gasteiger partial charge on any atom is -0.357 e. The molecule has 0 amide bonds. The molecule has 1 aliphatic heterocycles. The summed E-state index contributed by atoms with van der Waals surface area (Å²) in [4.78, 5) is 6.78. The number of hydrogen-bond acceptors (Lipinski definition) is 3. The highest BCUT2D eigenvalue weighted by atomic mass is 32.2. The Kier molecular flexibility index (Phi) is 5.91. The fraction of sp³-hybridized carbons (Fsp3) is 0.611. The molecule has 0 radical (unpaired) electrons. The molecule has 1 N–H and O–H groups in total. The lowest BCUT2D eigenvalue weighted by atomic mass is 10.1. The van der Waals surface area contributed by atoms with Crippen molar-refractivity contribution in [3.05, 3.63) is 35.4 Å². The molecule has 6 heteroatoms. The summed E-state index contributed by atoms with van der Waals surface area (Å²) >= 11 is 0. The van der Waals surface area contributed by atoms with E-state index in [1.54, 1.807) is 13.8 Å². The van der Waals surface area contributed by atoms with E-state index in [-0.39, 0.29) is 5.75 Å². The summed E-state index contributed by atoms with van der Waals surface area (Å²) < 4.78 is 23.6. The van der Waals surface area contributed by atoms with E-state index in [0.29, 0.717) is 19.6 Å². The first-order chi connectivity index (χ1) is 11.2. The second kappa shape index (κ2) is 7.55. The van der Waals surface area contributed by atoms with E-state index in [2.05, 4.69) is 41.4 Å². The van der Waals surface area contributed by atoms with E-state index in [1.165, 1.54) is 11.1 Å². The molecule has 1 fully saturated rings. The van der Waals surface area contributed by atoms with Crippen LogP contribution >= 0.6 is 0 Å². The predicted molar refractivity (Wildman–Crippen MR) is 100 cm³/mol. The fourth-order valence-corrected chi connectivity index (χ4v) is 4.27. The Hall–Kier alpha value is -1.56. The molecule has 1 aromatic rings. The highest BCUT2D eigenvalue weighted by Gasteiger charge is 2.40. The number of rotatable bonds is 4. The van der Waals surface area contributed by atoms with Gasteiger partial charge in [-0.3, -0.25) is 4.99 Å². The minimum atomic E-state index is -3.04. The molecule has 1 aliphatic rings. The highest BCUT2D eigenvalue weighted by Crippen LogP contribution is 2.23. The van der Waals surface area contributed by atoms with Crippen molar-refractivity contribution >= 4 is 15.8 Å². The van der Waals surface area contributed by atoms with Crippen LogP contribution in [0.2, 0.25) is 0 Å². The Morgan fingerprint density at radius 2 is 2.12 bits per heavy atom. The molecule has 0 unspecified atom stereocenters. The lowest BCUT2D eigenvalue weighted by Crippen LogP contribution is -2.57. The van der Waals surface area contributed by atoms with E-state index < -0.39 is 14.6 Å². The summed E-state index contributed by atoms with van der Waals surface area (Å²) in [6, 6.07) is 8.45. The molecular weight excluding hydrogens is 322 g/mol. The summed E-state index contributed by atoms with van der Waals surface area (Å²) in [6.07, 6.45) is 0.881. The van der Waals surface area contributed by atoms with Gasteiger partial charge in [0, 0.05) is 26.2 Å². The molecule has 24 heavy (non-hydrogen) atoms. The molecule has 1 saturated heterocycles. The molecule has 0 atom stereocenters. The largest absolute Gasteiger partial charge is 0.357 e. The first-order valence-corrected chi connectivity index (χ1v) is 10.2. The van der Waals surface area contributed by atoms with Crippen molar-refractivity contribution in [1.29, 1.82) is 0 Å². The summed E-state index contributed by atoms with van der Waals surface area (Å²) in [5.74, 6) is 0.996. The Morgan fingerprint density at radius 1 is 1.38 bits per heavy atom. The maximum atomic E-state index is 12.2. The molecular formula is C18H29N3O2S. The van der Waals surface area contributed by atoms with Crippen LogP contribution < -0.4 is 5.32 Å². The van der Waals surface area contributed by atoms with Crippen LogP contribution in [-0.4, -0.2) is 56.0 Å². The zero-order valence-corrected chi connectivity index (χ0v) is 16.0. The fourth-order valence-electron chi connectivity index (χ4n) is 2.91. The summed E-state index contributed by atoms with van der Waals surface area (Å²) in [6.45, 7) is 10.2. The number of aliphatic imine (C=N–C) groups is 1. The van der Waals surface area contributed by atoms with Gasteiger partial charge in [-0.1, -0.05) is 29.8 Å². The van der Waals surface area contributed by atoms with Crippen LogP contribution in [0, 0.1) is 6.92 Å². The number of nitrogens with zero attached hydrogens (tertiary/aromatic N) is 2. The third-order valence-corrected chi connectivity index (χ3v) is 6.96. The SMILES string of the molecule is CCNC(=NCCc1cccc(C)c1)N1CCS(=O)(=O)C(C)(C)C1. The first-order valence-electron chi connectivity index (χ1n) is 8.56. The minimum absolute atomic E-state index is 0.183. The molecule has 5 nitrogen and oxygen atoms in total. The lowest BCUT2D eigenvalue weighted by Gasteiger charge is -2.39. The van der Waals surface area contributed by atoms with E-state index in [9.17, 15) is 8.42 Å². The van der Waals surface area contributed by atoms with Crippen molar-refractivity contribution in [3.8, 4) is 0 Å². The third-order valence-electron chi connectivity index (χ3n) is 4.42. The molecule has 134 valence electrons. The van der Waals surface area contributed by atoms with Crippen LogP contribution in [0.4, 0.5) is 0 Å². The molecule has 0 saturated carbocycles. The normalized spacial score (nSPS) is 20.0. The summed E-state index contributed by atoms with van der Waals surface area (Å²) in [5.41, 5.74) is 2.53. The maximum absolute atomic E-state index is 12.2. The van der Waals surface area contributed by atoms with Crippen molar-refractivity contribution in [2.45, 2.75) is 38.9 Å². The number of hydrogen-bond donors (Lipinski definition) is 1. The molecule has 1 heterocycles. The number of aryl methyl sites for hydroxylation is 1. The number of benzene rings is 1. The van der Waals surface area contributed by atoms with Gasteiger partial charge in [-0.05, 0) is 39.7 Å². The van der Waals surface area contributed by atoms with E-state index >= 15 is 0 Å². The first kappa shape index (κ1) is 18.8. The van der Waals surface area contributed by atoms with Crippen molar-refractivity contribution < 1.29 is 8.42 Å². The Morgan fingerprint density at radius 3 is 2.75 bits per heavy atom. The van der Waals surface area contributed by atoms with Crippen LogP contribution in [0.15, 0.2) is 29.3 Å². The summed E-state index contributed by atoms with van der Waals surface area (Å²) in [5, 5.41) is 3.30. The number of guanidine groups is 1. The third kappa shape index (κ3) is 4.50. The zero-order chi connectivity index (χ0) is 17.8. The topological polar surface area (TPSA) is 61.8 Å². The number of nitrogens with one attached hydrogen (secondary N) is 1. The Labute approximate surface area is 146 Å². The standard InChI is InChI=1S/C18H29N3O2S/c1-5-19-17(20-10-9-16-8-6-7-15(2)13-16)21-11-12-24(22,23)18(3,4)14-21/h6-8,13H,5,9-12,14H2,1-4H3,(H,19,20). The smallest absolute Gasteiger partial charge is 0.194 e. The van der Waals surface area contributed by atoms with Crippen LogP contribution in [-0.2, 0) is 16.3 Å². The quantitative estimate of drug-likeness (QED) is 0.666. The van der Waals surface area contributed by atoms with Gasteiger partial charge in [-0.2, -0.15) is 0 Å². The van der Waals surface area contributed by atoms with Gasteiger partial charge in [0.05, 0.1) is 10.5 Å². The van der Waals surface area contributed by atoms with E-state index in [0.717, 1.165) is 18.9 Å². The Bertz CT molecular complexity index is 696. The van der Waals surface area contributed by atoms with Gasteiger partial charge in [0.2, 0.25) is 0 Å². The second-order valence-corrected chi connectivity index (χ2v) is 9.72. The van der Waals surface area contributed by atoms with Crippen molar-refractivity contribution in [2.75, 3.05) is 31.9 Å². The van der Waals surface area contributed by atoms with Gasteiger partial charge in [-0.25, -0.2) is 8.42 Å². The highest BCUT2D eigenvalue weighted by molar-refractivity contribution is 7.92. The van der Waals surface area contributed by atoms with Crippen LogP contribution in [0.1, 0.15) is 31.9 Å². The van der Waals surface area contributed by atoms with Gasteiger partial charge < -0.3 is 10.2 Å². The zero-order valence-electron chi connectivity index (χ0n) is 15.2. The second-order valence-electron chi connectivity index (χ2n) is 6.97. The summed E-state index contributed by atoms with van der Waals surface area (Å²) in [7, 11) is -3.04. The van der Waals surface area contributed by atoms with Gasteiger partial charge in [-0.15, -0.1) is 0 Å². The van der Waals surface area contributed by atoms with Crippen molar-refractivity contribution in [3.63, 3.8) is 0 Å². The molecule has 0 bridgehead atoms. The maximum Gasteiger partial charge on any atom is 0.194 e. The van der Waals surface area contributed by atoms with E-state index in [1.807, 2.05) is 6.92 Å². The van der Waals surface area contributed by atoms with Gasteiger partial charge >= 0.3 is 0 Å². The van der Waals surface area contributed by atoms with Gasteiger partial charge in [0.15, 0.2) is 15.8 Å². The average Bonchev–Trinajstić information content (AvgIpc) is 2.49. The van der Waals surface area contributed by atoms with Crippen molar-refractivity contribution in [1.82, 2.24) is 10.2 Å². The molecule has 0 aromatic heterocycles. The average molecular weight is 352 g/mol. The van der Waals surface area contributed by atoms with Crippen LogP contribution in [0.5, 0.6) is 0 Å². The van der Waals surface area contributed by atoms with Crippen molar-refractivity contribution in [2.24, 2.45) is 4.99 Å². The van der Waals surface area contributed by atoms with Crippen LogP contribution in [0.3, 0.4) is 0 Å². The van der Waals surface area contributed by atoms with E-state index in [4.69, 9.17) is 4.99 Å². The molecule has 1 aromatic carbocycles. The molecule has 0 spiro atoms. The van der Waals surface area contributed by atoms with Crippen LogP contribution in [0.25, 0.3) is 0 Å². The molecule has 0 aliphatic carbocycles. The lowest BCUT2D eigenvalue weighted by molar-refractivity contribution is 0.353. The van der Waals surface area contributed by atoms with Gasteiger partial charge in [0.25, 0.3) is 0 Å². The molecule has 2 rings (SSSR count). The monoisotopic (exact) mass is 351 g/mol. The number of sulfone groups is 1. The predicted octanol–water partition coefficient (Wildman–Crippen LogP) is 2.01. The Balaban J connectivity index is 2.06. The van der Waals surface area contributed by atoms with Gasteiger partial charge in [0.1, 0.15) is 0 Å².